The van der Waals surface area contributed by atoms with Crippen LogP contribution in [0.1, 0.15) is 46.5 Å². The van der Waals surface area contributed by atoms with E-state index in [-0.39, 0.29) is 11.5 Å². The molecule has 0 radical (unpaired) electrons. The van der Waals surface area contributed by atoms with Crippen LogP contribution in [0.15, 0.2) is 41.5 Å². The van der Waals surface area contributed by atoms with Crippen LogP contribution in [0.2, 0.25) is 0 Å². The lowest BCUT2D eigenvalue weighted by molar-refractivity contribution is 0.0956. The summed E-state index contributed by atoms with van der Waals surface area (Å²) in [5.41, 5.74) is 1.67. The molecule has 0 saturated carbocycles. The Bertz CT molecular complexity index is 1070. The molecule has 4 rings (SSSR count). The summed E-state index contributed by atoms with van der Waals surface area (Å²) < 4.78 is 1.61. The summed E-state index contributed by atoms with van der Waals surface area (Å²) in [6.07, 6.45) is 6.26. The third-order valence-corrected chi connectivity index (χ3v) is 6.90. The number of amides is 1. The molecule has 1 aliphatic heterocycles. The van der Waals surface area contributed by atoms with Crippen LogP contribution in [0.5, 0.6) is 0 Å². The molecular weight excluding hydrogens is 396 g/mol. The van der Waals surface area contributed by atoms with Gasteiger partial charge in [0.25, 0.3) is 11.5 Å². The first-order valence-corrected chi connectivity index (χ1v) is 11.5. The quantitative estimate of drug-likeness (QED) is 0.563. The Morgan fingerprint density at radius 2 is 1.93 bits per heavy atom. The van der Waals surface area contributed by atoms with Crippen LogP contribution in [0, 0.1) is 6.92 Å². The van der Waals surface area contributed by atoms with Gasteiger partial charge in [-0.25, -0.2) is 4.98 Å². The van der Waals surface area contributed by atoms with Crippen molar-refractivity contribution in [1.82, 2.24) is 19.8 Å². The van der Waals surface area contributed by atoms with Crippen molar-refractivity contribution in [2.75, 3.05) is 26.2 Å². The van der Waals surface area contributed by atoms with Crippen molar-refractivity contribution in [2.24, 2.45) is 0 Å². The van der Waals surface area contributed by atoms with E-state index in [9.17, 15) is 9.59 Å². The van der Waals surface area contributed by atoms with Gasteiger partial charge in [0.05, 0.1) is 23.1 Å². The molecule has 3 heterocycles. The van der Waals surface area contributed by atoms with Gasteiger partial charge >= 0.3 is 0 Å². The predicted octanol–water partition coefficient (Wildman–Crippen LogP) is 3.42. The number of benzene rings is 1. The van der Waals surface area contributed by atoms with E-state index in [1.54, 1.807) is 10.9 Å². The van der Waals surface area contributed by atoms with Crippen molar-refractivity contribution in [2.45, 2.75) is 39.2 Å². The van der Waals surface area contributed by atoms with Crippen LogP contribution < -0.4 is 10.9 Å². The third-order valence-electron chi connectivity index (χ3n) is 5.70. The fourth-order valence-corrected chi connectivity index (χ4v) is 5.07. The smallest absolute Gasteiger partial charge is 0.262 e. The molecule has 1 aromatic carbocycles. The molecule has 0 unspecified atom stereocenters. The SMILES string of the molecule is Cc1c(C(=O)NCCCCN2CCCC2)sc2ncn(Cc3ccccc3)c(=O)c12. The summed E-state index contributed by atoms with van der Waals surface area (Å²) in [5, 5.41) is 3.57. The van der Waals surface area contributed by atoms with Crippen molar-refractivity contribution in [3.8, 4) is 0 Å². The molecule has 30 heavy (non-hydrogen) atoms. The minimum absolute atomic E-state index is 0.0951. The number of nitrogens with one attached hydrogen (secondary N) is 1. The van der Waals surface area contributed by atoms with E-state index in [1.807, 2.05) is 37.3 Å². The zero-order valence-electron chi connectivity index (χ0n) is 17.4. The Morgan fingerprint density at radius 1 is 1.17 bits per heavy atom. The second kappa shape index (κ2) is 9.53. The van der Waals surface area contributed by atoms with Gasteiger partial charge in [-0.05, 0) is 63.4 Å². The number of hydrogen-bond donors (Lipinski definition) is 1. The Morgan fingerprint density at radius 3 is 2.70 bits per heavy atom. The summed E-state index contributed by atoms with van der Waals surface area (Å²) in [5.74, 6) is -0.106. The van der Waals surface area contributed by atoms with Gasteiger partial charge in [-0.1, -0.05) is 30.3 Å². The summed E-state index contributed by atoms with van der Waals surface area (Å²) >= 11 is 1.30. The van der Waals surface area contributed by atoms with Gasteiger partial charge in [0.1, 0.15) is 4.83 Å². The maximum atomic E-state index is 13.0. The van der Waals surface area contributed by atoms with Gasteiger partial charge in [-0.15, -0.1) is 11.3 Å². The molecule has 7 heteroatoms. The maximum Gasteiger partial charge on any atom is 0.262 e. The molecule has 0 atom stereocenters. The maximum absolute atomic E-state index is 13.0. The summed E-state index contributed by atoms with van der Waals surface area (Å²) in [7, 11) is 0. The number of carbonyl (C=O) groups excluding carboxylic acids is 1. The van der Waals surface area contributed by atoms with Crippen LogP contribution in [-0.4, -0.2) is 46.5 Å². The molecule has 1 amide bonds. The van der Waals surface area contributed by atoms with Crippen molar-refractivity contribution < 1.29 is 4.79 Å². The standard InChI is InChI=1S/C23H28N4O2S/c1-17-19-22(25-16-27(23(19)29)15-18-9-3-2-4-10-18)30-20(17)21(28)24-11-5-6-12-26-13-7-8-14-26/h2-4,9-10,16H,5-8,11-15H2,1H3,(H,24,28). The van der Waals surface area contributed by atoms with Gasteiger partial charge in [0.2, 0.25) is 0 Å². The predicted molar refractivity (Wildman–Crippen MR) is 121 cm³/mol. The zero-order valence-corrected chi connectivity index (χ0v) is 18.2. The van der Waals surface area contributed by atoms with E-state index in [2.05, 4.69) is 15.2 Å². The molecule has 0 aliphatic carbocycles. The van der Waals surface area contributed by atoms with Gasteiger partial charge in [-0.2, -0.15) is 0 Å². The van der Waals surface area contributed by atoms with Crippen molar-refractivity contribution in [3.63, 3.8) is 0 Å². The highest BCUT2D eigenvalue weighted by Crippen LogP contribution is 2.26. The summed E-state index contributed by atoms with van der Waals surface area (Å²) in [4.78, 5) is 33.9. The molecule has 2 aromatic heterocycles. The van der Waals surface area contributed by atoms with Gasteiger partial charge in [-0.3, -0.25) is 14.2 Å². The Hall–Kier alpha value is -2.51. The molecule has 0 spiro atoms. The number of aromatic nitrogens is 2. The van der Waals surface area contributed by atoms with E-state index in [1.165, 1.54) is 37.3 Å². The monoisotopic (exact) mass is 424 g/mol. The van der Waals surface area contributed by atoms with Gasteiger partial charge in [0.15, 0.2) is 0 Å². The van der Waals surface area contributed by atoms with E-state index in [0.717, 1.165) is 30.5 Å². The highest BCUT2D eigenvalue weighted by atomic mass is 32.1. The topological polar surface area (TPSA) is 67.2 Å². The van der Waals surface area contributed by atoms with Gasteiger partial charge in [0, 0.05) is 6.54 Å². The molecule has 158 valence electrons. The Balaban J connectivity index is 1.41. The number of carbonyl (C=O) groups is 1. The second-order valence-electron chi connectivity index (χ2n) is 7.91. The largest absolute Gasteiger partial charge is 0.351 e. The first kappa shape index (κ1) is 20.8. The molecule has 0 bridgehead atoms. The molecule has 1 aliphatic rings. The van der Waals surface area contributed by atoms with Crippen molar-refractivity contribution in [1.29, 1.82) is 0 Å². The van der Waals surface area contributed by atoms with E-state index in [4.69, 9.17) is 0 Å². The summed E-state index contributed by atoms with van der Waals surface area (Å²) in [6, 6.07) is 9.83. The summed E-state index contributed by atoms with van der Waals surface area (Å²) in [6.45, 7) is 6.51. The van der Waals surface area contributed by atoms with Crippen LogP contribution in [0.3, 0.4) is 0 Å². The van der Waals surface area contributed by atoms with Gasteiger partial charge < -0.3 is 10.2 Å². The van der Waals surface area contributed by atoms with Crippen molar-refractivity contribution >= 4 is 27.5 Å². The Labute approximate surface area is 180 Å². The highest BCUT2D eigenvalue weighted by Gasteiger charge is 2.19. The number of aryl methyl sites for hydroxylation is 1. The average Bonchev–Trinajstić information content (AvgIpc) is 3.39. The normalized spacial score (nSPS) is 14.4. The molecule has 1 N–H and O–H groups in total. The number of likely N-dealkylation sites (tertiary alicyclic amines) is 1. The lowest BCUT2D eigenvalue weighted by atomic mass is 10.2. The van der Waals surface area contributed by atoms with Crippen LogP contribution in [-0.2, 0) is 6.54 Å². The zero-order chi connectivity index (χ0) is 20.9. The van der Waals surface area contributed by atoms with Crippen LogP contribution >= 0.6 is 11.3 Å². The molecule has 6 nitrogen and oxygen atoms in total. The third kappa shape index (κ3) is 4.63. The average molecular weight is 425 g/mol. The molecular formula is C23H28N4O2S. The minimum Gasteiger partial charge on any atom is -0.351 e. The number of thiophene rings is 1. The first-order chi connectivity index (χ1) is 14.6. The van der Waals surface area contributed by atoms with Crippen molar-refractivity contribution in [3.05, 3.63) is 63.0 Å². The van der Waals surface area contributed by atoms with Crippen LogP contribution in [0.4, 0.5) is 0 Å². The number of fused-ring (bicyclic) bond motifs is 1. The lowest BCUT2D eigenvalue weighted by Gasteiger charge is -2.13. The first-order valence-electron chi connectivity index (χ1n) is 10.7. The fourth-order valence-electron chi connectivity index (χ4n) is 4.02. The van der Waals surface area contributed by atoms with E-state index < -0.39 is 0 Å². The molecule has 1 fully saturated rings. The molecule has 1 saturated heterocycles. The Kier molecular flexibility index (Phi) is 6.59. The number of hydrogen-bond acceptors (Lipinski definition) is 5. The lowest BCUT2D eigenvalue weighted by Crippen LogP contribution is -2.26. The highest BCUT2D eigenvalue weighted by molar-refractivity contribution is 7.20. The number of rotatable bonds is 8. The van der Waals surface area contributed by atoms with Crippen LogP contribution in [0.25, 0.3) is 10.2 Å². The fraction of sp³-hybridized carbons (Fsp3) is 0.435. The molecule has 3 aromatic rings. The number of nitrogens with zero attached hydrogens (tertiary/aromatic N) is 3. The van der Waals surface area contributed by atoms with E-state index >= 15 is 0 Å². The second-order valence-corrected chi connectivity index (χ2v) is 8.91. The van der Waals surface area contributed by atoms with E-state index in [0.29, 0.717) is 28.2 Å². The minimum atomic E-state index is -0.106. The number of unbranched alkanes of at least 4 members (excludes halogenated alkanes) is 1.